The Hall–Kier alpha value is -1.64. The summed E-state index contributed by atoms with van der Waals surface area (Å²) < 4.78 is 0. The van der Waals surface area contributed by atoms with Crippen LogP contribution in [0, 0.1) is 11.8 Å². The molecule has 0 heterocycles. The second-order valence-electron chi connectivity index (χ2n) is 5.40. The molecule has 0 aliphatic heterocycles. The molecule has 2 N–H and O–H groups in total. The highest BCUT2D eigenvalue weighted by Gasteiger charge is 2.30. The minimum Gasteiger partial charge on any atom is -0.369 e. The Morgan fingerprint density at radius 2 is 1.74 bits per heavy atom. The van der Waals surface area contributed by atoms with Crippen LogP contribution in [0.5, 0.6) is 0 Å². The van der Waals surface area contributed by atoms with Crippen molar-refractivity contribution in [3.8, 4) is 0 Å². The summed E-state index contributed by atoms with van der Waals surface area (Å²) in [7, 11) is 0. The van der Waals surface area contributed by atoms with Crippen LogP contribution in [0.4, 0.5) is 0 Å². The molecule has 1 aromatic rings. The van der Waals surface area contributed by atoms with Crippen molar-refractivity contribution in [2.45, 2.75) is 38.5 Å². The molecule has 19 heavy (non-hydrogen) atoms. The van der Waals surface area contributed by atoms with Gasteiger partial charge in [0.15, 0.2) is 5.78 Å². The van der Waals surface area contributed by atoms with Crippen LogP contribution in [0.3, 0.4) is 0 Å². The van der Waals surface area contributed by atoms with Crippen LogP contribution in [0.25, 0.3) is 0 Å². The zero-order chi connectivity index (χ0) is 13.7. The van der Waals surface area contributed by atoms with E-state index in [9.17, 15) is 9.59 Å². The summed E-state index contributed by atoms with van der Waals surface area (Å²) in [6, 6.07) is 9.15. The molecular formula is C16H21NO2. The second kappa shape index (κ2) is 6.50. The van der Waals surface area contributed by atoms with E-state index in [4.69, 9.17) is 5.73 Å². The van der Waals surface area contributed by atoms with Crippen LogP contribution in [0.2, 0.25) is 0 Å². The Labute approximate surface area is 114 Å². The van der Waals surface area contributed by atoms with Gasteiger partial charge < -0.3 is 5.73 Å². The van der Waals surface area contributed by atoms with E-state index in [1.807, 2.05) is 18.2 Å². The average Bonchev–Trinajstić information content (AvgIpc) is 2.46. The summed E-state index contributed by atoms with van der Waals surface area (Å²) in [6.07, 6.45) is 5.83. The fourth-order valence-corrected chi connectivity index (χ4v) is 2.98. The highest BCUT2D eigenvalue weighted by molar-refractivity contribution is 5.98. The number of amides is 1. The standard InChI is InChI=1S/C16H21NO2/c17-16(19)14(12-7-3-1-4-8-12)11-15(18)13-9-5-2-6-10-13/h2,5-6,9-10,12,14H,1,3-4,7-8,11H2,(H2,17,19). The number of rotatable bonds is 5. The second-order valence-corrected chi connectivity index (χ2v) is 5.40. The molecule has 0 radical (unpaired) electrons. The minimum atomic E-state index is -0.323. The van der Waals surface area contributed by atoms with Gasteiger partial charge in [0.05, 0.1) is 0 Å². The number of carbonyl (C=O) groups is 2. The number of hydrogen-bond donors (Lipinski definition) is 1. The first kappa shape index (κ1) is 13.8. The molecule has 1 aliphatic carbocycles. The van der Waals surface area contributed by atoms with E-state index < -0.39 is 0 Å². The smallest absolute Gasteiger partial charge is 0.221 e. The van der Waals surface area contributed by atoms with E-state index in [2.05, 4.69) is 0 Å². The molecule has 1 aliphatic rings. The number of carbonyl (C=O) groups excluding carboxylic acids is 2. The monoisotopic (exact) mass is 259 g/mol. The summed E-state index contributed by atoms with van der Waals surface area (Å²) in [5, 5.41) is 0. The van der Waals surface area contributed by atoms with Crippen molar-refractivity contribution in [1.29, 1.82) is 0 Å². The Bertz CT molecular complexity index is 435. The van der Waals surface area contributed by atoms with Crippen LogP contribution in [0.15, 0.2) is 30.3 Å². The third-order valence-electron chi connectivity index (χ3n) is 4.09. The topological polar surface area (TPSA) is 60.2 Å². The van der Waals surface area contributed by atoms with Crippen LogP contribution < -0.4 is 5.73 Å². The van der Waals surface area contributed by atoms with Crippen LogP contribution in [0.1, 0.15) is 48.9 Å². The fraction of sp³-hybridized carbons (Fsp3) is 0.500. The van der Waals surface area contributed by atoms with Gasteiger partial charge in [0.1, 0.15) is 0 Å². The molecule has 3 nitrogen and oxygen atoms in total. The predicted octanol–water partition coefficient (Wildman–Crippen LogP) is 2.94. The van der Waals surface area contributed by atoms with Gasteiger partial charge in [0, 0.05) is 17.9 Å². The van der Waals surface area contributed by atoms with Gasteiger partial charge in [-0.1, -0.05) is 49.6 Å². The molecule has 102 valence electrons. The summed E-state index contributed by atoms with van der Waals surface area (Å²) in [5.74, 6) is -0.307. The Morgan fingerprint density at radius 3 is 2.32 bits per heavy atom. The third-order valence-corrected chi connectivity index (χ3v) is 4.09. The summed E-state index contributed by atoms with van der Waals surface area (Å²) >= 11 is 0. The SMILES string of the molecule is NC(=O)C(CC(=O)c1ccccc1)C1CCCCC1. The number of nitrogens with two attached hydrogens (primary N) is 1. The van der Waals surface area contributed by atoms with Gasteiger partial charge in [-0.05, 0) is 18.8 Å². The van der Waals surface area contributed by atoms with E-state index >= 15 is 0 Å². The van der Waals surface area contributed by atoms with Gasteiger partial charge in [-0.2, -0.15) is 0 Å². The number of ketones is 1. The van der Waals surface area contributed by atoms with Crippen LogP contribution in [-0.4, -0.2) is 11.7 Å². The molecule has 1 amide bonds. The maximum Gasteiger partial charge on any atom is 0.221 e. The summed E-state index contributed by atoms with van der Waals surface area (Å²) in [4.78, 5) is 23.8. The molecule has 0 spiro atoms. The lowest BCUT2D eigenvalue weighted by Gasteiger charge is -2.27. The molecule has 3 heteroatoms. The van der Waals surface area contributed by atoms with E-state index in [0.717, 1.165) is 25.7 Å². The Kier molecular flexibility index (Phi) is 4.72. The zero-order valence-corrected chi connectivity index (χ0v) is 11.2. The molecule has 1 unspecified atom stereocenters. The van der Waals surface area contributed by atoms with E-state index in [1.54, 1.807) is 12.1 Å². The number of hydrogen-bond acceptors (Lipinski definition) is 2. The number of Topliss-reactive ketones (excluding diaryl/α,β-unsaturated/α-hetero) is 1. The van der Waals surface area contributed by atoms with Crippen molar-refractivity contribution < 1.29 is 9.59 Å². The molecule has 2 rings (SSSR count). The maximum atomic E-state index is 12.2. The van der Waals surface area contributed by atoms with E-state index in [0.29, 0.717) is 11.5 Å². The van der Waals surface area contributed by atoms with Gasteiger partial charge in [-0.25, -0.2) is 0 Å². The molecule has 0 bridgehead atoms. The quantitative estimate of drug-likeness (QED) is 0.826. The fourth-order valence-electron chi connectivity index (χ4n) is 2.98. The highest BCUT2D eigenvalue weighted by atomic mass is 16.1. The molecule has 1 aromatic carbocycles. The lowest BCUT2D eigenvalue weighted by atomic mass is 9.77. The molecular weight excluding hydrogens is 238 g/mol. The Balaban J connectivity index is 2.04. The number of primary amides is 1. The molecule has 0 aromatic heterocycles. The van der Waals surface area contributed by atoms with Crippen LogP contribution in [-0.2, 0) is 4.79 Å². The van der Waals surface area contributed by atoms with E-state index in [-0.39, 0.29) is 24.0 Å². The van der Waals surface area contributed by atoms with Crippen molar-refractivity contribution in [1.82, 2.24) is 0 Å². The largest absolute Gasteiger partial charge is 0.369 e. The molecule has 0 saturated heterocycles. The van der Waals surface area contributed by atoms with Gasteiger partial charge in [0.2, 0.25) is 5.91 Å². The van der Waals surface area contributed by atoms with Crippen molar-refractivity contribution in [3.63, 3.8) is 0 Å². The molecule has 1 atom stereocenters. The van der Waals surface area contributed by atoms with Crippen LogP contribution >= 0.6 is 0 Å². The van der Waals surface area contributed by atoms with Crippen molar-refractivity contribution >= 4 is 11.7 Å². The molecule has 1 saturated carbocycles. The molecule has 1 fully saturated rings. The average molecular weight is 259 g/mol. The first-order valence-corrected chi connectivity index (χ1v) is 7.06. The summed E-state index contributed by atoms with van der Waals surface area (Å²) in [5.41, 5.74) is 6.17. The first-order valence-electron chi connectivity index (χ1n) is 7.06. The van der Waals surface area contributed by atoms with Gasteiger partial charge in [-0.15, -0.1) is 0 Å². The van der Waals surface area contributed by atoms with Gasteiger partial charge in [-0.3, -0.25) is 9.59 Å². The number of benzene rings is 1. The van der Waals surface area contributed by atoms with E-state index in [1.165, 1.54) is 6.42 Å². The van der Waals surface area contributed by atoms with Gasteiger partial charge in [0.25, 0.3) is 0 Å². The maximum absolute atomic E-state index is 12.2. The normalized spacial score (nSPS) is 17.9. The predicted molar refractivity (Wildman–Crippen MR) is 74.6 cm³/mol. The lowest BCUT2D eigenvalue weighted by molar-refractivity contribution is -0.123. The van der Waals surface area contributed by atoms with Gasteiger partial charge >= 0.3 is 0 Å². The third kappa shape index (κ3) is 3.66. The van der Waals surface area contributed by atoms with Crippen molar-refractivity contribution in [2.75, 3.05) is 0 Å². The first-order chi connectivity index (χ1) is 9.18. The highest BCUT2D eigenvalue weighted by Crippen LogP contribution is 2.32. The van der Waals surface area contributed by atoms with Crippen molar-refractivity contribution in [2.24, 2.45) is 17.6 Å². The lowest BCUT2D eigenvalue weighted by Crippen LogP contribution is -2.33. The van der Waals surface area contributed by atoms with Crippen molar-refractivity contribution in [3.05, 3.63) is 35.9 Å². The zero-order valence-electron chi connectivity index (χ0n) is 11.2. The Morgan fingerprint density at radius 1 is 1.11 bits per heavy atom. The minimum absolute atomic E-state index is 0.0231. The summed E-state index contributed by atoms with van der Waals surface area (Å²) in [6.45, 7) is 0.